The highest BCUT2D eigenvalue weighted by molar-refractivity contribution is 9.11. The Morgan fingerprint density at radius 1 is 1.00 bits per heavy atom. The summed E-state index contributed by atoms with van der Waals surface area (Å²) in [6.07, 6.45) is 0. The van der Waals surface area contributed by atoms with Gasteiger partial charge in [-0.05, 0) is 33.6 Å². The van der Waals surface area contributed by atoms with Crippen LogP contribution in [0.15, 0.2) is 56.2 Å². The summed E-state index contributed by atoms with van der Waals surface area (Å²) in [6, 6.07) is 12.6. The predicted molar refractivity (Wildman–Crippen MR) is 75.2 cm³/mol. The Morgan fingerprint density at radius 2 is 1.65 bits per heavy atom. The van der Waals surface area contributed by atoms with E-state index in [1.165, 1.54) is 0 Å². The number of hydrogen-bond acceptors (Lipinski definition) is 2. The first-order valence-electron chi connectivity index (χ1n) is 4.87. The van der Waals surface area contributed by atoms with Crippen LogP contribution in [-0.2, 0) is 0 Å². The van der Waals surface area contributed by atoms with Crippen LogP contribution in [0.5, 0.6) is 5.75 Å². The van der Waals surface area contributed by atoms with Crippen molar-refractivity contribution in [2.24, 2.45) is 0 Å². The number of rotatable bonds is 1. The molecule has 1 N–H and O–H groups in total. The maximum atomic E-state index is 12.0. The third-order valence-electron chi connectivity index (χ3n) is 2.32. The van der Waals surface area contributed by atoms with E-state index in [0.29, 0.717) is 10.0 Å². The molecule has 2 aromatic carbocycles. The summed E-state index contributed by atoms with van der Waals surface area (Å²) in [5, 5.41) is 9.75. The monoisotopic (exact) mass is 354 g/mol. The number of benzene rings is 1. The molecule has 86 valence electrons. The van der Waals surface area contributed by atoms with Gasteiger partial charge in [-0.3, -0.25) is 4.79 Å². The fourth-order valence-corrected chi connectivity index (χ4v) is 2.69. The van der Waals surface area contributed by atoms with Crippen LogP contribution in [0.3, 0.4) is 0 Å². The molecule has 0 saturated heterocycles. The first kappa shape index (κ1) is 12.3. The van der Waals surface area contributed by atoms with Gasteiger partial charge in [-0.2, -0.15) is 0 Å². The number of hydrogen-bond donors (Lipinski definition) is 1. The Balaban J connectivity index is 2.81. The molecule has 0 aliphatic rings. The van der Waals surface area contributed by atoms with Crippen molar-refractivity contribution in [3.05, 3.63) is 61.6 Å². The summed E-state index contributed by atoms with van der Waals surface area (Å²) in [5.74, 6) is -0.283. The lowest BCUT2D eigenvalue weighted by molar-refractivity contribution is 0.468. The summed E-state index contributed by atoms with van der Waals surface area (Å²) < 4.78 is 1.09. The number of aromatic hydroxyl groups is 1. The molecular formula is C13H8Br2O2. The van der Waals surface area contributed by atoms with Crippen molar-refractivity contribution in [3.63, 3.8) is 0 Å². The molecule has 2 rings (SSSR count). The molecule has 17 heavy (non-hydrogen) atoms. The Morgan fingerprint density at radius 3 is 2.29 bits per heavy atom. The molecule has 2 nitrogen and oxygen atoms in total. The van der Waals surface area contributed by atoms with Crippen molar-refractivity contribution in [2.45, 2.75) is 0 Å². The second-order valence-electron chi connectivity index (χ2n) is 3.48. The summed E-state index contributed by atoms with van der Waals surface area (Å²) in [5.41, 5.74) is 0.839. The second-order valence-corrected chi connectivity index (χ2v) is 5.25. The molecule has 0 spiro atoms. The van der Waals surface area contributed by atoms with E-state index >= 15 is 0 Å². The molecule has 0 saturated carbocycles. The van der Waals surface area contributed by atoms with Crippen molar-refractivity contribution in [1.29, 1.82) is 0 Å². The molecule has 2 aromatic rings. The normalized spacial score (nSPS) is 10.2. The van der Waals surface area contributed by atoms with Gasteiger partial charge in [0.2, 0.25) is 5.43 Å². The van der Waals surface area contributed by atoms with Gasteiger partial charge < -0.3 is 5.11 Å². The highest BCUT2D eigenvalue weighted by Gasteiger charge is 2.09. The Kier molecular flexibility index (Phi) is 3.64. The van der Waals surface area contributed by atoms with Crippen molar-refractivity contribution in [1.82, 2.24) is 0 Å². The molecule has 0 aromatic heterocycles. The van der Waals surface area contributed by atoms with Crippen LogP contribution in [0.4, 0.5) is 0 Å². The van der Waals surface area contributed by atoms with Gasteiger partial charge in [0.25, 0.3) is 0 Å². The molecule has 0 heterocycles. The van der Waals surface area contributed by atoms with Crippen LogP contribution < -0.4 is 5.43 Å². The second kappa shape index (κ2) is 5.02. The van der Waals surface area contributed by atoms with E-state index in [1.807, 2.05) is 30.3 Å². The van der Waals surface area contributed by atoms with Crippen molar-refractivity contribution in [2.75, 3.05) is 0 Å². The molecule has 4 heteroatoms. The van der Waals surface area contributed by atoms with Crippen LogP contribution in [-0.4, -0.2) is 5.11 Å². The first-order valence-corrected chi connectivity index (χ1v) is 6.46. The SMILES string of the molecule is O=c1c(-c2ccccc2)cc(Br)cc(Br)c1O. The van der Waals surface area contributed by atoms with Crippen LogP contribution in [0.2, 0.25) is 0 Å². The van der Waals surface area contributed by atoms with E-state index in [2.05, 4.69) is 31.9 Å². The van der Waals surface area contributed by atoms with Crippen LogP contribution >= 0.6 is 31.9 Å². The van der Waals surface area contributed by atoms with Crippen molar-refractivity contribution >= 4 is 31.9 Å². The third-order valence-corrected chi connectivity index (χ3v) is 3.38. The zero-order chi connectivity index (χ0) is 12.4. The summed E-state index contributed by atoms with van der Waals surface area (Å²) in [4.78, 5) is 12.0. The highest BCUT2D eigenvalue weighted by atomic mass is 79.9. The molecule has 0 atom stereocenters. The highest BCUT2D eigenvalue weighted by Crippen LogP contribution is 2.26. The summed E-state index contributed by atoms with van der Waals surface area (Å²) >= 11 is 6.48. The molecule has 0 aliphatic carbocycles. The van der Waals surface area contributed by atoms with Crippen LogP contribution in [0.25, 0.3) is 11.1 Å². The van der Waals surface area contributed by atoms with Gasteiger partial charge >= 0.3 is 0 Å². The quantitative estimate of drug-likeness (QED) is 0.841. The van der Waals surface area contributed by atoms with E-state index in [9.17, 15) is 9.90 Å². The fraction of sp³-hybridized carbons (Fsp3) is 0. The zero-order valence-electron chi connectivity index (χ0n) is 8.65. The number of halogens is 2. The van der Waals surface area contributed by atoms with Gasteiger partial charge in [0, 0.05) is 10.0 Å². The molecule has 0 aliphatic heterocycles. The van der Waals surface area contributed by atoms with Gasteiger partial charge in [0.05, 0.1) is 4.47 Å². The lowest BCUT2D eigenvalue weighted by Crippen LogP contribution is -2.00. The van der Waals surface area contributed by atoms with Crippen molar-refractivity contribution < 1.29 is 5.11 Å². The predicted octanol–water partition coefficient (Wildman–Crippen LogP) is 3.94. The first-order chi connectivity index (χ1) is 8.09. The molecular weight excluding hydrogens is 348 g/mol. The molecule has 0 unspecified atom stereocenters. The molecule has 0 fully saturated rings. The van der Waals surface area contributed by atoms with Gasteiger partial charge in [0.1, 0.15) is 0 Å². The van der Waals surface area contributed by atoms with Gasteiger partial charge in [0.15, 0.2) is 5.75 Å². The Labute approximate surface area is 115 Å². The van der Waals surface area contributed by atoms with Crippen LogP contribution in [0.1, 0.15) is 0 Å². The largest absolute Gasteiger partial charge is 0.503 e. The average Bonchev–Trinajstić information content (AvgIpc) is 2.43. The smallest absolute Gasteiger partial charge is 0.229 e. The van der Waals surface area contributed by atoms with E-state index in [1.54, 1.807) is 12.1 Å². The zero-order valence-corrected chi connectivity index (χ0v) is 11.8. The van der Waals surface area contributed by atoms with Gasteiger partial charge in [-0.15, -0.1) is 0 Å². The van der Waals surface area contributed by atoms with Crippen molar-refractivity contribution in [3.8, 4) is 16.9 Å². The maximum absolute atomic E-state index is 12.0. The summed E-state index contributed by atoms with van der Waals surface area (Å²) in [6.45, 7) is 0. The average molecular weight is 356 g/mol. The van der Waals surface area contributed by atoms with Gasteiger partial charge in [-0.25, -0.2) is 0 Å². The van der Waals surface area contributed by atoms with E-state index in [-0.39, 0.29) is 5.75 Å². The third kappa shape index (κ3) is 2.58. The molecule has 0 radical (unpaired) electrons. The molecule has 0 bridgehead atoms. The summed E-state index contributed by atoms with van der Waals surface area (Å²) in [7, 11) is 0. The van der Waals surface area contributed by atoms with Gasteiger partial charge in [-0.1, -0.05) is 46.3 Å². The fourth-order valence-electron chi connectivity index (χ4n) is 1.50. The maximum Gasteiger partial charge on any atom is 0.229 e. The minimum atomic E-state index is -0.395. The lowest BCUT2D eigenvalue weighted by atomic mass is 10.1. The van der Waals surface area contributed by atoms with Crippen LogP contribution in [0, 0.1) is 0 Å². The minimum Gasteiger partial charge on any atom is -0.503 e. The van der Waals surface area contributed by atoms with E-state index in [4.69, 9.17) is 0 Å². The lowest BCUT2D eigenvalue weighted by Gasteiger charge is -1.97. The van der Waals surface area contributed by atoms with E-state index in [0.717, 1.165) is 10.0 Å². The molecule has 0 amide bonds. The Hall–Kier alpha value is -1.13. The van der Waals surface area contributed by atoms with E-state index < -0.39 is 5.43 Å². The minimum absolute atomic E-state index is 0.283. The standard InChI is InChI=1S/C13H8Br2O2/c14-9-6-10(8-4-2-1-3-5-8)12(16)13(17)11(15)7-9/h1-7H,(H,16,17). The topological polar surface area (TPSA) is 37.3 Å². The Bertz CT molecular complexity index is 610.